The van der Waals surface area contributed by atoms with E-state index in [0.717, 1.165) is 24.4 Å². The van der Waals surface area contributed by atoms with Gasteiger partial charge in [-0.05, 0) is 32.6 Å². The van der Waals surface area contributed by atoms with Gasteiger partial charge in [0.1, 0.15) is 5.82 Å². The Hall–Kier alpha value is -1.65. The average molecular weight is 262 g/mol. The molecule has 0 aromatic carbocycles. The molecule has 102 valence electrons. The first-order valence-corrected chi connectivity index (χ1v) is 6.75. The van der Waals surface area contributed by atoms with E-state index >= 15 is 0 Å². The van der Waals surface area contributed by atoms with Crippen molar-refractivity contribution in [1.29, 1.82) is 0 Å². The van der Waals surface area contributed by atoms with Crippen molar-refractivity contribution in [2.45, 2.75) is 50.4 Å². The molecule has 0 spiro atoms. The van der Waals surface area contributed by atoms with Gasteiger partial charge in [-0.15, -0.1) is 0 Å². The zero-order valence-electron chi connectivity index (χ0n) is 11.3. The first-order chi connectivity index (χ1) is 9.08. The van der Waals surface area contributed by atoms with Crippen LogP contribution in [0.1, 0.15) is 55.1 Å². The van der Waals surface area contributed by atoms with Crippen molar-refractivity contribution in [3.05, 3.63) is 17.1 Å². The molecule has 1 N–H and O–H groups in total. The van der Waals surface area contributed by atoms with Crippen molar-refractivity contribution in [1.82, 2.24) is 9.97 Å². The predicted molar refractivity (Wildman–Crippen MR) is 68.5 cm³/mol. The molecule has 0 amide bonds. The standard InChI is InChI=1S/C14H18N2O3/c1-8-10(14(6-7-14)13(17)18)12(19-2)16-11(15-8)9-4-3-5-9/h9H,3-7H2,1-2H3,(H,17,18). The van der Waals surface area contributed by atoms with Crippen molar-refractivity contribution in [3.8, 4) is 5.88 Å². The molecule has 0 unspecified atom stereocenters. The fourth-order valence-electron chi connectivity index (χ4n) is 2.81. The second-order valence-electron chi connectivity index (χ2n) is 5.57. The molecule has 2 fully saturated rings. The van der Waals surface area contributed by atoms with E-state index in [1.807, 2.05) is 6.92 Å². The Bertz CT molecular complexity index is 534. The summed E-state index contributed by atoms with van der Waals surface area (Å²) in [7, 11) is 1.55. The minimum absolute atomic E-state index is 0.418. The number of aryl methyl sites for hydroxylation is 1. The van der Waals surface area contributed by atoms with Gasteiger partial charge in [0, 0.05) is 11.6 Å². The van der Waals surface area contributed by atoms with Crippen molar-refractivity contribution < 1.29 is 14.6 Å². The van der Waals surface area contributed by atoms with E-state index in [9.17, 15) is 9.90 Å². The van der Waals surface area contributed by atoms with Crippen LogP contribution in [0.3, 0.4) is 0 Å². The number of carbonyl (C=O) groups is 1. The smallest absolute Gasteiger partial charge is 0.314 e. The van der Waals surface area contributed by atoms with Crippen molar-refractivity contribution in [3.63, 3.8) is 0 Å². The second-order valence-corrected chi connectivity index (χ2v) is 5.57. The molecule has 1 aromatic rings. The van der Waals surface area contributed by atoms with Gasteiger partial charge in [0.15, 0.2) is 0 Å². The maximum Gasteiger partial charge on any atom is 0.314 e. The molecule has 3 rings (SSSR count). The van der Waals surface area contributed by atoms with Gasteiger partial charge in [-0.25, -0.2) is 4.98 Å². The van der Waals surface area contributed by atoms with Crippen molar-refractivity contribution in [2.75, 3.05) is 7.11 Å². The maximum atomic E-state index is 11.5. The number of aliphatic carboxylic acids is 1. The van der Waals surface area contributed by atoms with Gasteiger partial charge >= 0.3 is 5.97 Å². The van der Waals surface area contributed by atoms with Crippen LogP contribution in [-0.4, -0.2) is 28.2 Å². The molecule has 0 saturated heterocycles. The number of hydrogen-bond acceptors (Lipinski definition) is 4. The lowest BCUT2D eigenvalue weighted by Crippen LogP contribution is -2.24. The summed E-state index contributed by atoms with van der Waals surface area (Å²) in [6.07, 6.45) is 4.74. The van der Waals surface area contributed by atoms with E-state index in [0.29, 0.717) is 30.2 Å². The quantitative estimate of drug-likeness (QED) is 0.900. The van der Waals surface area contributed by atoms with Crippen LogP contribution in [-0.2, 0) is 10.2 Å². The zero-order valence-corrected chi connectivity index (χ0v) is 11.3. The maximum absolute atomic E-state index is 11.5. The van der Waals surface area contributed by atoms with Gasteiger partial charge in [-0.2, -0.15) is 4.98 Å². The Labute approximate surface area is 112 Å². The van der Waals surface area contributed by atoms with Crippen LogP contribution in [0.25, 0.3) is 0 Å². The highest BCUT2D eigenvalue weighted by Crippen LogP contribution is 2.52. The molecule has 5 heteroatoms. The highest BCUT2D eigenvalue weighted by Gasteiger charge is 2.55. The molecule has 0 atom stereocenters. The van der Waals surface area contributed by atoms with Crippen LogP contribution < -0.4 is 4.74 Å². The van der Waals surface area contributed by atoms with E-state index < -0.39 is 11.4 Å². The Morgan fingerprint density at radius 1 is 1.37 bits per heavy atom. The molecule has 2 aliphatic carbocycles. The summed E-state index contributed by atoms with van der Waals surface area (Å²) >= 11 is 0. The van der Waals surface area contributed by atoms with Crippen LogP contribution in [0, 0.1) is 6.92 Å². The highest BCUT2D eigenvalue weighted by molar-refractivity contribution is 5.86. The lowest BCUT2D eigenvalue weighted by Gasteiger charge is -2.25. The van der Waals surface area contributed by atoms with Gasteiger partial charge in [-0.1, -0.05) is 6.42 Å². The van der Waals surface area contributed by atoms with Gasteiger partial charge in [-0.3, -0.25) is 4.79 Å². The third kappa shape index (κ3) is 1.79. The van der Waals surface area contributed by atoms with Crippen molar-refractivity contribution >= 4 is 5.97 Å². The third-order valence-corrected chi connectivity index (χ3v) is 4.38. The molecule has 0 bridgehead atoms. The molecule has 0 radical (unpaired) electrons. The first kappa shape index (κ1) is 12.4. The van der Waals surface area contributed by atoms with Crippen LogP contribution in [0.4, 0.5) is 0 Å². The summed E-state index contributed by atoms with van der Waals surface area (Å²) < 4.78 is 5.35. The monoisotopic (exact) mass is 262 g/mol. The summed E-state index contributed by atoms with van der Waals surface area (Å²) in [6.45, 7) is 1.87. The highest BCUT2D eigenvalue weighted by atomic mass is 16.5. The fraction of sp³-hybridized carbons (Fsp3) is 0.643. The number of hydrogen-bond donors (Lipinski definition) is 1. The number of methoxy groups -OCH3 is 1. The number of nitrogens with zero attached hydrogens (tertiary/aromatic N) is 2. The molecule has 5 nitrogen and oxygen atoms in total. The molecule has 2 aliphatic rings. The van der Waals surface area contributed by atoms with E-state index in [2.05, 4.69) is 9.97 Å². The molecular formula is C14H18N2O3. The predicted octanol–water partition coefficient (Wildman–Crippen LogP) is 2.18. The number of carboxylic acid groups (broad SMARTS) is 1. The van der Waals surface area contributed by atoms with Crippen LogP contribution in [0.2, 0.25) is 0 Å². The molecule has 1 aromatic heterocycles. The van der Waals surface area contributed by atoms with Crippen LogP contribution in [0.15, 0.2) is 0 Å². The SMILES string of the molecule is COc1nc(C2CCC2)nc(C)c1C1(C(=O)O)CC1. The van der Waals surface area contributed by atoms with E-state index in [1.54, 1.807) is 7.11 Å². The molecule has 1 heterocycles. The average Bonchev–Trinajstić information content (AvgIpc) is 3.07. The van der Waals surface area contributed by atoms with Gasteiger partial charge in [0.25, 0.3) is 0 Å². The topological polar surface area (TPSA) is 72.3 Å². The van der Waals surface area contributed by atoms with Crippen LogP contribution >= 0.6 is 0 Å². The van der Waals surface area contributed by atoms with Gasteiger partial charge in [0.05, 0.1) is 18.1 Å². The Morgan fingerprint density at radius 2 is 2.05 bits per heavy atom. The summed E-state index contributed by atoms with van der Waals surface area (Å²) in [5, 5.41) is 9.43. The molecule has 2 saturated carbocycles. The minimum Gasteiger partial charge on any atom is -0.481 e. The normalized spacial score (nSPS) is 20.7. The van der Waals surface area contributed by atoms with Crippen LogP contribution in [0.5, 0.6) is 5.88 Å². The van der Waals surface area contributed by atoms with Crippen molar-refractivity contribution in [2.24, 2.45) is 0 Å². The Balaban J connectivity index is 2.07. The summed E-state index contributed by atoms with van der Waals surface area (Å²) in [5.41, 5.74) is 0.618. The van der Waals surface area contributed by atoms with Gasteiger partial charge in [0.2, 0.25) is 5.88 Å². The number of aromatic nitrogens is 2. The molecular weight excluding hydrogens is 244 g/mol. The number of carboxylic acids is 1. The lowest BCUT2D eigenvalue weighted by molar-refractivity contribution is -0.140. The van der Waals surface area contributed by atoms with Gasteiger partial charge < -0.3 is 9.84 Å². The largest absolute Gasteiger partial charge is 0.481 e. The lowest BCUT2D eigenvalue weighted by atomic mass is 9.84. The van der Waals surface area contributed by atoms with E-state index in [4.69, 9.17) is 4.74 Å². The summed E-state index contributed by atoms with van der Waals surface area (Å²) in [6, 6.07) is 0. The molecule has 19 heavy (non-hydrogen) atoms. The van der Waals surface area contributed by atoms with E-state index in [-0.39, 0.29) is 0 Å². The minimum atomic E-state index is -0.812. The number of ether oxygens (including phenoxy) is 1. The summed E-state index contributed by atoms with van der Waals surface area (Å²) in [4.78, 5) is 20.5. The summed E-state index contributed by atoms with van der Waals surface area (Å²) in [5.74, 6) is 0.885. The zero-order chi connectivity index (χ0) is 13.6. The first-order valence-electron chi connectivity index (χ1n) is 6.75. The second kappa shape index (κ2) is 4.18. The third-order valence-electron chi connectivity index (χ3n) is 4.38. The fourth-order valence-corrected chi connectivity index (χ4v) is 2.81. The Kier molecular flexibility index (Phi) is 2.73. The number of rotatable bonds is 4. The Morgan fingerprint density at radius 3 is 2.47 bits per heavy atom. The van der Waals surface area contributed by atoms with E-state index in [1.165, 1.54) is 6.42 Å². The molecule has 0 aliphatic heterocycles.